The highest BCUT2D eigenvalue weighted by Gasteiger charge is 2.51. The molecule has 26 heavy (non-hydrogen) atoms. The molecule has 2 atom stereocenters. The van der Waals surface area contributed by atoms with Crippen molar-refractivity contribution in [3.05, 3.63) is 23.3 Å². The van der Waals surface area contributed by atoms with E-state index in [0.29, 0.717) is 12.8 Å². The molecule has 2 aliphatic rings. The molecule has 2 aliphatic carbocycles. The van der Waals surface area contributed by atoms with Gasteiger partial charge in [-0.2, -0.15) is 0 Å². The van der Waals surface area contributed by atoms with Gasteiger partial charge in [-0.25, -0.2) is 0 Å². The summed E-state index contributed by atoms with van der Waals surface area (Å²) in [6.07, 6.45) is 3.01. The molecule has 0 heterocycles. The van der Waals surface area contributed by atoms with E-state index in [1.807, 2.05) is 0 Å². The van der Waals surface area contributed by atoms with Crippen molar-refractivity contribution in [1.29, 1.82) is 0 Å². The van der Waals surface area contributed by atoms with Crippen LogP contribution in [0.2, 0.25) is 39.3 Å². The first-order valence-electron chi connectivity index (χ1n) is 9.68. The van der Waals surface area contributed by atoms with Crippen LogP contribution in [0.4, 0.5) is 0 Å². The van der Waals surface area contributed by atoms with Gasteiger partial charge in [0, 0.05) is 11.8 Å². The lowest BCUT2D eigenvalue weighted by Crippen LogP contribution is -2.59. The van der Waals surface area contributed by atoms with Gasteiger partial charge in [0.1, 0.15) is 11.7 Å². The number of rotatable bonds is 3. The topological polar surface area (TPSA) is 43.4 Å². The summed E-state index contributed by atoms with van der Waals surface area (Å²) >= 11 is 0. The monoisotopic (exact) mass is 388 g/mol. The number of hydrogen-bond donors (Lipinski definition) is 0. The number of ketones is 1. The third-order valence-corrected chi connectivity index (χ3v) is 10.6. The average molecular weight is 389 g/mol. The lowest BCUT2D eigenvalue weighted by Gasteiger charge is -2.49. The highest BCUT2D eigenvalue weighted by molar-refractivity contribution is 6.98. The Morgan fingerprint density at radius 3 is 2.19 bits per heavy atom. The fraction of sp³-hybridized carbons (Fsp3) is 0.619. The molecule has 2 unspecified atom stereocenters. The third kappa shape index (κ3) is 3.13. The third-order valence-electron chi connectivity index (χ3n) is 6.28. The molecule has 5 heteroatoms. The van der Waals surface area contributed by atoms with Crippen LogP contribution in [0.5, 0.6) is 0 Å². The molecule has 1 spiro atoms. The summed E-state index contributed by atoms with van der Waals surface area (Å²) < 4.78 is 4.90. The van der Waals surface area contributed by atoms with E-state index in [-0.39, 0.29) is 17.2 Å². The molecule has 0 bridgehead atoms. The molecule has 0 aromatic heterocycles. The summed E-state index contributed by atoms with van der Waals surface area (Å²) in [5, 5.41) is 3.20. The van der Waals surface area contributed by atoms with Gasteiger partial charge in [-0.15, -0.1) is 0 Å². The molecular formula is C21H32O3Si2. The van der Waals surface area contributed by atoms with Crippen molar-refractivity contribution in [3.8, 4) is 0 Å². The molecule has 1 aromatic carbocycles. The Morgan fingerprint density at radius 1 is 1.08 bits per heavy atom. The van der Waals surface area contributed by atoms with Gasteiger partial charge in [-0.05, 0) is 30.4 Å². The number of hydrogen-bond acceptors (Lipinski definition) is 3. The molecule has 0 saturated heterocycles. The van der Waals surface area contributed by atoms with Gasteiger partial charge < -0.3 is 4.74 Å². The van der Waals surface area contributed by atoms with Gasteiger partial charge in [0.05, 0.1) is 23.3 Å². The Kier molecular flexibility index (Phi) is 4.63. The van der Waals surface area contributed by atoms with Gasteiger partial charge in [-0.3, -0.25) is 9.59 Å². The van der Waals surface area contributed by atoms with Crippen molar-refractivity contribution in [1.82, 2.24) is 0 Å². The van der Waals surface area contributed by atoms with E-state index in [1.165, 1.54) is 18.2 Å². The number of methoxy groups -OCH3 is 1. The van der Waals surface area contributed by atoms with E-state index in [2.05, 4.69) is 51.4 Å². The van der Waals surface area contributed by atoms with Crippen LogP contribution in [-0.2, 0) is 26.2 Å². The maximum Gasteiger partial charge on any atom is 0.316 e. The highest BCUT2D eigenvalue weighted by Crippen LogP contribution is 2.51. The van der Waals surface area contributed by atoms with Crippen LogP contribution >= 0.6 is 0 Å². The molecule has 1 saturated carbocycles. The summed E-state index contributed by atoms with van der Waals surface area (Å²) in [7, 11) is -1.50. The van der Waals surface area contributed by atoms with E-state index in [0.717, 1.165) is 12.8 Å². The quantitative estimate of drug-likeness (QED) is 0.454. The maximum absolute atomic E-state index is 12.3. The van der Waals surface area contributed by atoms with Crippen molar-refractivity contribution < 1.29 is 14.3 Å². The number of fused-ring (bicyclic) bond motifs is 2. The Bertz CT molecular complexity index is 763. The second-order valence-corrected chi connectivity index (χ2v) is 20.3. The predicted octanol–water partition coefficient (Wildman–Crippen LogP) is 3.11. The smallest absolute Gasteiger partial charge is 0.316 e. The number of ether oxygens (including phenoxy) is 1. The van der Waals surface area contributed by atoms with Crippen LogP contribution in [0, 0.1) is 5.92 Å². The number of carbonyl (C=O) groups is 2. The van der Waals surface area contributed by atoms with E-state index in [1.54, 1.807) is 10.4 Å². The van der Waals surface area contributed by atoms with Crippen LogP contribution in [0.3, 0.4) is 0 Å². The predicted molar refractivity (Wildman–Crippen MR) is 112 cm³/mol. The Labute approximate surface area is 159 Å². The van der Waals surface area contributed by atoms with Crippen LogP contribution in [0.15, 0.2) is 12.1 Å². The first-order valence-corrected chi connectivity index (χ1v) is 16.7. The largest absolute Gasteiger partial charge is 0.468 e. The summed E-state index contributed by atoms with van der Waals surface area (Å²) in [5.74, 6) is -0.874. The summed E-state index contributed by atoms with van der Waals surface area (Å²) in [6.45, 7) is 14.6. The second-order valence-electron chi connectivity index (χ2n) is 10.3. The van der Waals surface area contributed by atoms with Gasteiger partial charge in [0.2, 0.25) is 0 Å². The molecule has 3 rings (SSSR count). The van der Waals surface area contributed by atoms with E-state index in [4.69, 9.17) is 4.74 Å². The SMILES string of the molecule is COC(=O)C1CC2(CCC1=O)Cc1cc([Si](C)(C)C)c([Si](C)(C)C)cc12. The number of benzene rings is 1. The number of carbonyl (C=O) groups excluding carboxylic acids is 2. The van der Waals surface area contributed by atoms with Crippen LogP contribution in [-0.4, -0.2) is 35.0 Å². The van der Waals surface area contributed by atoms with Crippen molar-refractivity contribution in [3.63, 3.8) is 0 Å². The van der Waals surface area contributed by atoms with Crippen LogP contribution < -0.4 is 10.4 Å². The fourth-order valence-electron chi connectivity index (χ4n) is 4.78. The standard InChI is InChI=1S/C21H32O3Si2/c1-24-20(23)15-13-21(9-8-17(15)22)12-14-10-18(25(2,3)4)19(11-16(14)21)26(5,6)7/h10-11,15H,8-9,12-13H2,1-7H3. The lowest BCUT2D eigenvalue weighted by molar-refractivity contribution is -0.152. The second kappa shape index (κ2) is 6.16. The molecule has 1 aromatic rings. The summed E-state index contributed by atoms with van der Waals surface area (Å²) in [5.41, 5.74) is 2.87. The van der Waals surface area contributed by atoms with E-state index < -0.39 is 22.1 Å². The normalized spacial score (nSPS) is 25.7. The van der Waals surface area contributed by atoms with E-state index in [9.17, 15) is 9.59 Å². The molecule has 3 nitrogen and oxygen atoms in total. The minimum absolute atomic E-state index is 0.00840. The average Bonchev–Trinajstić information content (AvgIpc) is 2.52. The van der Waals surface area contributed by atoms with Crippen molar-refractivity contribution in [2.75, 3.05) is 7.11 Å². The molecule has 0 radical (unpaired) electrons. The van der Waals surface area contributed by atoms with Crippen LogP contribution in [0.1, 0.15) is 30.4 Å². The summed E-state index contributed by atoms with van der Waals surface area (Å²) in [6, 6.07) is 4.95. The number of esters is 1. The molecule has 0 N–H and O–H groups in total. The zero-order valence-electron chi connectivity index (χ0n) is 17.3. The maximum atomic E-state index is 12.3. The molecule has 142 valence electrons. The Morgan fingerprint density at radius 2 is 1.65 bits per heavy atom. The first-order chi connectivity index (χ1) is 11.9. The first kappa shape index (κ1) is 19.6. The van der Waals surface area contributed by atoms with Gasteiger partial charge in [0.15, 0.2) is 0 Å². The molecule has 0 aliphatic heterocycles. The fourth-order valence-corrected chi connectivity index (χ4v) is 9.98. The minimum Gasteiger partial charge on any atom is -0.468 e. The van der Waals surface area contributed by atoms with Gasteiger partial charge in [-0.1, -0.05) is 61.8 Å². The highest BCUT2D eigenvalue weighted by atomic mass is 28.3. The molecule has 0 amide bonds. The van der Waals surface area contributed by atoms with Crippen molar-refractivity contribution >= 4 is 38.3 Å². The van der Waals surface area contributed by atoms with E-state index >= 15 is 0 Å². The zero-order valence-corrected chi connectivity index (χ0v) is 19.3. The Hall–Kier alpha value is -1.21. The van der Waals surface area contributed by atoms with Crippen LogP contribution in [0.25, 0.3) is 0 Å². The molecular weight excluding hydrogens is 356 g/mol. The van der Waals surface area contributed by atoms with Gasteiger partial charge in [0.25, 0.3) is 0 Å². The zero-order chi connectivity index (χ0) is 19.5. The minimum atomic E-state index is -1.47. The molecule has 1 fully saturated rings. The van der Waals surface area contributed by atoms with Crippen molar-refractivity contribution in [2.45, 2.75) is 70.4 Å². The summed E-state index contributed by atoms with van der Waals surface area (Å²) in [4.78, 5) is 24.4. The Balaban J connectivity index is 2.05. The lowest BCUT2D eigenvalue weighted by atomic mass is 9.55. The number of Topliss-reactive ketones (excluding diaryl/α,β-unsaturated/α-hetero) is 1. The van der Waals surface area contributed by atoms with Crippen molar-refractivity contribution in [2.24, 2.45) is 5.92 Å². The van der Waals surface area contributed by atoms with Gasteiger partial charge >= 0.3 is 5.97 Å².